The first-order chi connectivity index (χ1) is 11.9. The maximum atomic E-state index is 14.0. The zero-order valence-electron chi connectivity index (χ0n) is 14.2. The molecule has 0 aliphatic heterocycles. The van der Waals surface area contributed by atoms with Gasteiger partial charge in [0.05, 0.1) is 6.04 Å². The van der Waals surface area contributed by atoms with Crippen LogP contribution in [0, 0.1) is 11.6 Å². The highest BCUT2D eigenvalue weighted by atomic mass is 19.1. The van der Waals surface area contributed by atoms with Gasteiger partial charge in [0.2, 0.25) is 5.91 Å². The fourth-order valence-corrected chi connectivity index (χ4v) is 2.54. The molecular formula is C18H21F2N3O2. The van der Waals surface area contributed by atoms with Gasteiger partial charge in [-0.3, -0.25) is 9.59 Å². The molecule has 0 bridgehead atoms. The topological polar surface area (TPSA) is 54.3 Å². The van der Waals surface area contributed by atoms with Gasteiger partial charge in [0, 0.05) is 37.3 Å². The van der Waals surface area contributed by atoms with Gasteiger partial charge in [-0.2, -0.15) is 0 Å². The Morgan fingerprint density at radius 1 is 1.16 bits per heavy atom. The molecule has 1 aromatic heterocycles. The maximum Gasteiger partial charge on any atom is 0.250 e. The number of aromatic nitrogens is 1. The zero-order chi connectivity index (χ0) is 18.4. The molecule has 25 heavy (non-hydrogen) atoms. The van der Waals surface area contributed by atoms with E-state index in [0.29, 0.717) is 0 Å². The Morgan fingerprint density at radius 2 is 1.84 bits per heavy atom. The standard InChI is InChI=1S/C18H21F2N3O2/c1-22(2)15(18-13(19)6-5-7-14(18)20)12-21-16(24)9-11-23-10-4-3-8-17(23)25/h3-8,10,15H,9,11-12H2,1-2H3,(H,21,24)/t15-/m0/s1. The van der Waals surface area contributed by atoms with Gasteiger partial charge in [-0.25, -0.2) is 8.78 Å². The van der Waals surface area contributed by atoms with E-state index in [1.807, 2.05) is 0 Å². The van der Waals surface area contributed by atoms with Crippen LogP contribution in [-0.2, 0) is 11.3 Å². The lowest BCUT2D eigenvalue weighted by Gasteiger charge is -2.25. The number of likely N-dealkylation sites (N-methyl/N-ethyl adjacent to an activating group) is 1. The fraction of sp³-hybridized carbons (Fsp3) is 0.333. The molecule has 7 heteroatoms. The zero-order valence-corrected chi connectivity index (χ0v) is 14.2. The van der Waals surface area contributed by atoms with Crippen LogP contribution in [0.15, 0.2) is 47.4 Å². The van der Waals surface area contributed by atoms with Crippen LogP contribution in [0.4, 0.5) is 8.78 Å². The number of aryl methyl sites for hydroxylation is 1. The molecule has 134 valence electrons. The van der Waals surface area contributed by atoms with Crippen LogP contribution in [0.5, 0.6) is 0 Å². The predicted octanol–water partition coefficient (Wildman–Crippen LogP) is 1.94. The monoisotopic (exact) mass is 349 g/mol. The molecule has 2 aromatic rings. The molecule has 1 N–H and O–H groups in total. The number of benzene rings is 1. The molecule has 2 rings (SSSR count). The number of nitrogens with one attached hydrogen (secondary N) is 1. The highest BCUT2D eigenvalue weighted by Crippen LogP contribution is 2.23. The van der Waals surface area contributed by atoms with Crippen LogP contribution < -0.4 is 10.9 Å². The van der Waals surface area contributed by atoms with Gasteiger partial charge in [0.25, 0.3) is 5.56 Å². The lowest BCUT2D eigenvalue weighted by Crippen LogP contribution is -2.36. The minimum absolute atomic E-state index is 0.0629. The van der Waals surface area contributed by atoms with E-state index in [9.17, 15) is 18.4 Å². The summed E-state index contributed by atoms with van der Waals surface area (Å²) in [6.07, 6.45) is 1.71. The average molecular weight is 349 g/mol. The quantitative estimate of drug-likeness (QED) is 0.831. The van der Waals surface area contributed by atoms with E-state index < -0.39 is 17.7 Å². The Kier molecular flexibility index (Phi) is 6.41. The molecule has 1 heterocycles. The Hall–Kier alpha value is -2.54. The SMILES string of the molecule is CN(C)[C@@H](CNC(=O)CCn1ccccc1=O)c1c(F)cccc1F. The number of amides is 1. The van der Waals surface area contributed by atoms with E-state index in [1.165, 1.54) is 28.8 Å². The summed E-state index contributed by atoms with van der Waals surface area (Å²) >= 11 is 0. The normalized spacial score (nSPS) is 12.2. The van der Waals surface area contributed by atoms with Gasteiger partial charge in [0.15, 0.2) is 0 Å². The van der Waals surface area contributed by atoms with E-state index in [0.717, 1.165) is 0 Å². The van der Waals surface area contributed by atoms with Crippen molar-refractivity contribution in [1.82, 2.24) is 14.8 Å². The van der Waals surface area contributed by atoms with Crippen molar-refractivity contribution in [3.05, 3.63) is 70.1 Å². The number of halogens is 2. The van der Waals surface area contributed by atoms with Crippen LogP contribution in [0.2, 0.25) is 0 Å². The van der Waals surface area contributed by atoms with Gasteiger partial charge >= 0.3 is 0 Å². The lowest BCUT2D eigenvalue weighted by molar-refractivity contribution is -0.121. The summed E-state index contributed by atoms with van der Waals surface area (Å²) in [4.78, 5) is 25.3. The summed E-state index contributed by atoms with van der Waals surface area (Å²) in [5, 5.41) is 2.68. The van der Waals surface area contributed by atoms with E-state index >= 15 is 0 Å². The summed E-state index contributed by atoms with van der Waals surface area (Å²) in [5.74, 6) is -1.59. The summed E-state index contributed by atoms with van der Waals surface area (Å²) in [7, 11) is 3.37. The number of rotatable bonds is 7. The van der Waals surface area contributed by atoms with Crippen LogP contribution in [0.25, 0.3) is 0 Å². The molecule has 0 saturated heterocycles. The minimum Gasteiger partial charge on any atom is -0.354 e. The third-order valence-electron chi connectivity index (χ3n) is 3.93. The molecule has 0 aliphatic carbocycles. The van der Waals surface area contributed by atoms with Crippen LogP contribution >= 0.6 is 0 Å². The number of pyridine rings is 1. The highest BCUT2D eigenvalue weighted by molar-refractivity contribution is 5.75. The fourth-order valence-electron chi connectivity index (χ4n) is 2.54. The van der Waals surface area contributed by atoms with Crippen molar-refractivity contribution >= 4 is 5.91 Å². The van der Waals surface area contributed by atoms with Crippen molar-refractivity contribution in [3.8, 4) is 0 Å². The second-order valence-electron chi connectivity index (χ2n) is 5.90. The van der Waals surface area contributed by atoms with Crippen LogP contribution in [0.1, 0.15) is 18.0 Å². The maximum absolute atomic E-state index is 14.0. The highest BCUT2D eigenvalue weighted by Gasteiger charge is 2.22. The summed E-state index contributed by atoms with van der Waals surface area (Å²) in [6, 6.07) is 7.81. The van der Waals surface area contributed by atoms with Gasteiger partial charge in [-0.05, 0) is 32.3 Å². The average Bonchev–Trinajstić information content (AvgIpc) is 2.56. The Labute approximate surface area is 144 Å². The van der Waals surface area contributed by atoms with Crippen molar-refractivity contribution in [3.63, 3.8) is 0 Å². The molecular weight excluding hydrogens is 328 g/mol. The van der Waals surface area contributed by atoms with E-state index in [1.54, 1.807) is 37.3 Å². The number of carbonyl (C=O) groups is 1. The van der Waals surface area contributed by atoms with Crippen molar-refractivity contribution in [2.24, 2.45) is 0 Å². The molecule has 0 saturated carbocycles. The molecule has 0 spiro atoms. The Bertz CT molecular complexity index is 770. The van der Waals surface area contributed by atoms with E-state index in [-0.39, 0.29) is 36.5 Å². The minimum atomic E-state index is -0.649. The summed E-state index contributed by atoms with van der Waals surface area (Å²) in [6.45, 7) is 0.305. The van der Waals surface area contributed by atoms with Crippen LogP contribution in [0.3, 0.4) is 0 Å². The molecule has 1 amide bonds. The molecule has 1 atom stereocenters. The van der Waals surface area contributed by atoms with Gasteiger partial charge in [-0.15, -0.1) is 0 Å². The van der Waals surface area contributed by atoms with Crippen molar-refractivity contribution in [1.29, 1.82) is 0 Å². The van der Waals surface area contributed by atoms with Gasteiger partial charge in [0.1, 0.15) is 11.6 Å². The van der Waals surface area contributed by atoms with Crippen molar-refractivity contribution in [2.75, 3.05) is 20.6 Å². The number of hydrogen-bond acceptors (Lipinski definition) is 3. The lowest BCUT2D eigenvalue weighted by atomic mass is 10.0. The second-order valence-corrected chi connectivity index (χ2v) is 5.90. The Morgan fingerprint density at radius 3 is 2.44 bits per heavy atom. The third-order valence-corrected chi connectivity index (χ3v) is 3.93. The van der Waals surface area contributed by atoms with Crippen molar-refractivity contribution in [2.45, 2.75) is 19.0 Å². The Balaban J connectivity index is 1.98. The molecule has 1 aromatic carbocycles. The smallest absolute Gasteiger partial charge is 0.250 e. The summed E-state index contributed by atoms with van der Waals surface area (Å²) < 4.78 is 29.4. The number of carbonyl (C=O) groups excluding carboxylic acids is 1. The summed E-state index contributed by atoms with van der Waals surface area (Å²) in [5.41, 5.74) is -0.262. The first-order valence-electron chi connectivity index (χ1n) is 7.92. The van der Waals surface area contributed by atoms with Gasteiger partial charge in [-0.1, -0.05) is 12.1 Å². The van der Waals surface area contributed by atoms with E-state index in [4.69, 9.17) is 0 Å². The molecule has 0 aliphatic rings. The number of nitrogens with zero attached hydrogens (tertiary/aromatic N) is 2. The van der Waals surface area contributed by atoms with Crippen molar-refractivity contribution < 1.29 is 13.6 Å². The molecule has 0 radical (unpaired) electrons. The first kappa shape index (κ1) is 18.8. The number of hydrogen-bond donors (Lipinski definition) is 1. The second kappa shape index (κ2) is 8.53. The molecule has 0 fully saturated rings. The third kappa shape index (κ3) is 4.96. The molecule has 5 nitrogen and oxygen atoms in total. The predicted molar refractivity (Wildman–Crippen MR) is 91.1 cm³/mol. The van der Waals surface area contributed by atoms with E-state index in [2.05, 4.69) is 5.32 Å². The molecule has 0 unspecified atom stereocenters. The largest absolute Gasteiger partial charge is 0.354 e. The van der Waals surface area contributed by atoms with Gasteiger partial charge < -0.3 is 14.8 Å². The van der Waals surface area contributed by atoms with Crippen LogP contribution in [-0.4, -0.2) is 36.0 Å². The first-order valence-corrected chi connectivity index (χ1v) is 7.92.